The van der Waals surface area contributed by atoms with Crippen molar-refractivity contribution in [3.05, 3.63) is 27.4 Å². The predicted molar refractivity (Wildman–Crippen MR) is 97.6 cm³/mol. The molecule has 0 unspecified atom stereocenters. The zero-order valence-electron chi connectivity index (χ0n) is 15.7. The maximum Gasteiger partial charge on any atom is 0.255 e. The molecule has 1 amide bonds. The van der Waals surface area contributed by atoms with Crippen LogP contribution in [-0.4, -0.2) is 68.2 Å². The topological polar surface area (TPSA) is 113 Å². The van der Waals surface area contributed by atoms with E-state index in [-0.39, 0.29) is 17.4 Å². The molecule has 0 bridgehead atoms. The van der Waals surface area contributed by atoms with Gasteiger partial charge in [-0.3, -0.25) is 14.6 Å². The number of hydrogen-bond donors (Lipinski definition) is 1. The van der Waals surface area contributed by atoms with Crippen molar-refractivity contribution in [2.45, 2.75) is 44.6 Å². The van der Waals surface area contributed by atoms with E-state index in [1.165, 1.54) is 0 Å². The van der Waals surface area contributed by atoms with Crippen molar-refractivity contribution in [1.29, 1.82) is 0 Å². The molecular formula is C17H24N8O2. The number of aromatic nitrogens is 6. The molecule has 144 valence electrons. The number of tetrazole rings is 1. The molecule has 0 radical (unpaired) electrons. The molecule has 2 aliphatic heterocycles. The summed E-state index contributed by atoms with van der Waals surface area (Å²) >= 11 is 0. The van der Waals surface area contributed by atoms with Crippen molar-refractivity contribution in [3.8, 4) is 0 Å². The van der Waals surface area contributed by atoms with Crippen LogP contribution in [0, 0.1) is 0 Å². The molecule has 1 atom stereocenters. The summed E-state index contributed by atoms with van der Waals surface area (Å²) in [5, 5.41) is 11.9. The van der Waals surface area contributed by atoms with E-state index in [0.29, 0.717) is 43.3 Å². The summed E-state index contributed by atoms with van der Waals surface area (Å²) in [6, 6.07) is 0. The zero-order valence-corrected chi connectivity index (χ0v) is 15.7. The first-order valence-corrected chi connectivity index (χ1v) is 9.39. The van der Waals surface area contributed by atoms with Gasteiger partial charge in [0.25, 0.3) is 5.56 Å². The second kappa shape index (κ2) is 7.09. The first-order chi connectivity index (χ1) is 13.0. The fourth-order valence-electron chi connectivity index (χ4n) is 3.84. The average Bonchev–Trinajstić information content (AvgIpc) is 2.88. The third-order valence-corrected chi connectivity index (χ3v) is 5.36. The van der Waals surface area contributed by atoms with Crippen molar-refractivity contribution in [2.75, 3.05) is 32.1 Å². The van der Waals surface area contributed by atoms with Crippen molar-refractivity contribution < 1.29 is 4.79 Å². The Kier molecular flexibility index (Phi) is 4.63. The predicted octanol–water partition coefficient (Wildman–Crippen LogP) is -0.283. The minimum atomic E-state index is -0.313. The van der Waals surface area contributed by atoms with E-state index in [1.807, 2.05) is 19.0 Å². The van der Waals surface area contributed by atoms with Crippen LogP contribution in [0.2, 0.25) is 0 Å². The number of nitrogens with zero attached hydrogens (tertiary/aromatic N) is 7. The largest absolute Gasteiger partial charge is 0.348 e. The number of carbonyl (C=O) groups is 1. The van der Waals surface area contributed by atoms with Crippen LogP contribution < -0.4 is 10.5 Å². The van der Waals surface area contributed by atoms with Gasteiger partial charge in [0, 0.05) is 45.7 Å². The van der Waals surface area contributed by atoms with Gasteiger partial charge < -0.3 is 9.80 Å². The molecule has 4 heterocycles. The van der Waals surface area contributed by atoms with Crippen LogP contribution >= 0.6 is 0 Å². The van der Waals surface area contributed by atoms with E-state index in [2.05, 4.69) is 25.5 Å². The van der Waals surface area contributed by atoms with Crippen molar-refractivity contribution in [3.63, 3.8) is 0 Å². The number of hydrogen-bond acceptors (Lipinski definition) is 7. The van der Waals surface area contributed by atoms with Gasteiger partial charge in [0.2, 0.25) is 11.9 Å². The molecule has 0 saturated carbocycles. The van der Waals surface area contributed by atoms with Gasteiger partial charge in [0.15, 0.2) is 5.82 Å². The second-order valence-corrected chi connectivity index (χ2v) is 7.34. The van der Waals surface area contributed by atoms with Gasteiger partial charge in [-0.2, -0.15) is 0 Å². The average molecular weight is 372 g/mol. The number of anilines is 1. The Morgan fingerprint density at radius 3 is 2.81 bits per heavy atom. The Bertz CT molecular complexity index is 903. The monoisotopic (exact) mass is 372 g/mol. The highest BCUT2D eigenvalue weighted by Crippen LogP contribution is 2.27. The first kappa shape index (κ1) is 17.6. The highest BCUT2D eigenvalue weighted by Gasteiger charge is 2.33. The molecule has 2 aliphatic rings. The standard InChI is InChI=1S/C17H24N8O2/c1-23(2)17-18-13-7-10-24(9-6-11(13)15(26)19-17)16(27)12-5-3-4-8-25-14(12)20-21-22-25/h12H,3-10H2,1-2H3,(H,18,19,26)/t12-/m1/s1. The fourth-order valence-corrected chi connectivity index (χ4v) is 3.84. The summed E-state index contributed by atoms with van der Waals surface area (Å²) in [6.07, 6.45) is 3.77. The highest BCUT2D eigenvalue weighted by atomic mass is 16.2. The molecular weight excluding hydrogens is 348 g/mol. The number of aromatic amines is 1. The summed E-state index contributed by atoms with van der Waals surface area (Å²) in [5.41, 5.74) is 1.35. The molecule has 0 spiro atoms. The molecule has 10 nitrogen and oxygen atoms in total. The Hall–Kier alpha value is -2.78. The van der Waals surface area contributed by atoms with E-state index in [1.54, 1.807) is 9.58 Å². The number of amides is 1. The molecule has 10 heteroatoms. The maximum absolute atomic E-state index is 13.2. The summed E-state index contributed by atoms with van der Waals surface area (Å²) < 4.78 is 1.75. The SMILES string of the molecule is CN(C)c1nc2c(c(=O)[nH]1)CCN(C(=O)[C@@H]1CCCCn3nnnc31)CC2. The van der Waals surface area contributed by atoms with E-state index < -0.39 is 0 Å². The lowest BCUT2D eigenvalue weighted by Gasteiger charge is -2.24. The maximum atomic E-state index is 13.2. The lowest BCUT2D eigenvalue weighted by Crippen LogP contribution is -2.37. The summed E-state index contributed by atoms with van der Waals surface area (Å²) in [4.78, 5) is 36.7. The lowest BCUT2D eigenvalue weighted by atomic mass is 10.0. The van der Waals surface area contributed by atoms with Crippen molar-refractivity contribution in [2.24, 2.45) is 0 Å². The molecule has 0 saturated heterocycles. The zero-order chi connectivity index (χ0) is 19.0. The van der Waals surface area contributed by atoms with Gasteiger partial charge in [0.05, 0.1) is 11.6 Å². The second-order valence-electron chi connectivity index (χ2n) is 7.34. The number of carbonyl (C=O) groups excluding carboxylic acids is 1. The minimum Gasteiger partial charge on any atom is -0.348 e. The van der Waals surface area contributed by atoms with Crippen LogP contribution in [0.25, 0.3) is 0 Å². The third kappa shape index (κ3) is 3.31. The number of aryl methyl sites for hydroxylation is 1. The molecule has 27 heavy (non-hydrogen) atoms. The van der Waals surface area contributed by atoms with Gasteiger partial charge in [-0.15, -0.1) is 5.10 Å². The summed E-state index contributed by atoms with van der Waals surface area (Å²) in [6.45, 7) is 1.81. The van der Waals surface area contributed by atoms with Crippen LogP contribution in [0.15, 0.2) is 4.79 Å². The smallest absolute Gasteiger partial charge is 0.255 e. The molecule has 2 aromatic rings. The molecule has 4 rings (SSSR count). The Balaban J connectivity index is 1.56. The van der Waals surface area contributed by atoms with Crippen LogP contribution in [0.4, 0.5) is 5.95 Å². The van der Waals surface area contributed by atoms with Crippen molar-refractivity contribution in [1.82, 2.24) is 35.1 Å². The third-order valence-electron chi connectivity index (χ3n) is 5.36. The molecule has 0 aromatic carbocycles. The molecule has 0 fully saturated rings. The van der Waals surface area contributed by atoms with E-state index in [4.69, 9.17) is 0 Å². The summed E-state index contributed by atoms with van der Waals surface area (Å²) in [7, 11) is 3.68. The van der Waals surface area contributed by atoms with Crippen molar-refractivity contribution >= 4 is 11.9 Å². The molecule has 2 aromatic heterocycles. The summed E-state index contributed by atoms with van der Waals surface area (Å²) in [5.74, 6) is 0.934. The number of fused-ring (bicyclic) bond motifs is 2. The van der Waals surface area contributed by atoms with E-state index in [0.717, 1.165) is 31.5 Å². The minimum absolute atomic E-state index is 0.0463. The van der Waals surface area contributed by atoms with E-state index in [9.17, 15) is 9.59 Å². The Morgan fingerprint density at radius 1 is 1.19 bits per heavy atom. The fraction of sp³-hybridized carbons (Fsp3) is 0.647. The van der Waals surface area contributed by atoms with Crippen LogP contribution in [0.5, 0.6) is 0 Å². The normalized spacial score (nSPS) is 19.6. The first-order valence-electron chi connectivity index (χ1n) is 9.39. The van der Waals surface area contributed by atoms with Gasteiger partial charge in [-0.25, -0.2) is 9.67 Å². The molecule has 1 N–H and O–H groups in total. The number of rotatable bonds is 2. The number of H-pyrrole nitrogens is 1. The van der Waals surface area contributed by atoms with Crippen LogP contribution in [-0.2, 0) is 24.2 Å². The quantitative estimate of drug-likeness (QED) is 0.771. The van der Waals surface area contributed by atoms with Gasteiger partial charge in [-0.1, -0.05) is 6.42 Å². The van der Waals surface area contributed by atoms with Gasteiger partial charge in [-0.05, 0) is 29.7 Å². The number of nitrogens with one attached hydrogen (secondary N) is 1. The lowest BCUT2D eigenvalue weighted by molar-refractivity contribution is -0.133. The van der Waals surface area contributed by atoms with Gasteiger partial charge >= 0.3 is 0 Å². The highest BCUT2D eigenvalue weighted by molar-refractivity contribution is 5.83. The van der Waals surface area contributed by atoms with Crippen LogP contribution in [0.3, 0.4) is 0 Å². The Morgan fingerprint density at radius 2 is 2.00 bits per heavy atom. The molecule has 0 aliphatic carbocycles. The Labute approximate surface area is 156 Å². The van der Waals surface area contributed by atoms with Gasteiger partial charge in [0.1, 0.15) is 0 Å². The van der Waals surface area contributed by atoms with Crippen LogP contribution in [0.1, 0.15) is 42.3 Å². The van der Waals surface area contributed by atoms with E-state index >= 15 is 0 Å².